The summed E-state index contributed by atoms with van der Waals surface area (Å²) in [5.74, 6) is 1.68. The van der Waals surface area contributed by atoms with Gasteiger partial charge in [0.1, 0.15) is 19.0 Å². The van der Waals surface area contributed by atoms with Crippen LogP contribution >= 0.6 is 0 Å². The summed E-state index contributed by atoms with van der Waals surface area (Å²) in [5.41, 5.74) is 1.00. The van der Waals surface area contributed by atoms with Gasteiger partial charge in [-0.25, -0.2) is 0 Å². The van der Waals surface area contributed by atoms with Crippen LogP contribution in [0.4, 0.5) is 0 Å². The van der Waals surface area contributed by atoms with Crippen LogP contribution in [-0.2, 0) is 0 Å². The molecule has 5 nitrogen and oxygen atoms in total. The molecule has 0 aliphatic carbocycles. The zero-order chi connectivity index (χ0) is 13.9. The molecule has 0 amide bonds. The molecule has 0 saturated heterocycles. The van der Waals surface area contributed by atoms with Crippen molar-refractivity contribution < 1.29 is 19.0 Å². The summed E-state index contributed by atoms with van der Waals surface area (Å²) in [6.45, 7) is 1.02. The van der Waals surface area contributed by atoms with Gasteiger partial charge in [-0.05, 0) is 24.3 Å². The average molecular weight is 271 g/mol. The standard InChI is InChI=1S/C15H13NO4/c1-18-12-6-11(8-16-9-12)15(17)10-2-3-13-14(7-10)20-5-4-19-13/h2-3,6-9H,4-5H2,1H3. The highest BCUT2D eigenvalue weighted by molar-refractivity contribution is 6.09. The third-order valence-electron chi connectivity index (χ3n) is 3.02. The van der Waals surface area contributed by atoms with Crippen molar-refractivity contribution in [1.29, 1.82) is 0 Å². The number of rotatable bonds is 3. The van der Waals surface area contributed by atoms with Crippen LogP contribution in [0.15, 0.2) is 36.7 Å². The number of nitrogens with zero attached hydrogens (tertiary/aromatic N) is 1. The molecular formula is C15H13NO4. The molecule has 1 aliphatic heterocycles. The molecule has 1 aliphatic rings. The third kappa shape index (κ3) is 2.30. The number of aromatic nitrogens is 1. The molecule has 0 bridgehead atoms. The highest BCUT2D eigenvalue weighted by atomic mass is 16.6. The molecule has 2 heterocycles. The Morgan fingerprint density at radius 3 is 2.70 bits per heavy atom. The van der Waals surface area contributed by atoms with Crippen LogP contribution in [0.25, 0.3) is 0 Å². The summed E-state index contributed by atoms with van der Waals surface area (Å²) in [6.07, 6.45) is 3.07. The van der Waals surface area contributed by atoms with Crippen LogP contribution < -0.4 is 14.2 Å². The van der Waals surface area contributed by atoms with E-state index >= 15 is 0 Å². The van der Waals surface area contributed by atoms with E-state index in [1.165, 1.54) is 13.3 Å². The number of hydrogen-bond acceptors (Lipinski definition) is 5. The van der Waals surface area contributed by atoms with Gasteiger partial charge in [-0.1, -0.05) is 0 Å². The number of carbonyl (C=O) groups excluding carboxylic acids is 1. The Morgan fingerprint density at radius 1 is 1.10 bits per heavy atom. The summed E-state index contributed by atoms with van der Waals surface area (Å²) in [4.78, 5) is 16.4. The zero-order valence-corrected chi connectivity index (χ0v) is 11.0. The second kappa shape index (κ2) is 5.21. The van der Waals surface area contributed by atoms with Gasteiger partial charge < -0.3 is 14.2 Å². The van der Waals surface area contributed by atoms with E-state index in [4.69, 9.17) is 14.2 Å². The topological polar surface area (TPSA) is 57.7 Å². The first-order valence-electron chi connectivity index (χ1n) is 6.21. The van der Waals surface area contributed by atoms with Crippen LogP contribution in [0.2, 0.25) is 0 Å². The number of ketones is 1. The molecule has 20 heavy (non-hydrogen) atoms. The van der Waals surface area contributed by atoms with Crippen molar-refractivity contribution in [2.75, 3.05) is 20.3 Å². The fourth-order valence-corrected chi connectivity index (χ4v) is 2.01. The van der Waals surface area contributed by atoms with Crippen LogP contribution in [0.5, 0.6) is 17.2 Å². The molecule has 1 aromatic carbocycles. The summed E-state index contributed by atoms with van der Waals surface area (Å²) >= 11 is 0. The van der Waals surface area contributed by atoms with E-state index in [9.17, 15) is 4.79 Å². The molecule has 102 valence electrons. The summed E-state index contributed by atoms with van der Waals surface area (Å²) in [6, 6.07) is 6.81. The minimum Gasteiger partial charge on any atom is -0.495 e. The minimum atomic E-state index is -0.131. The van der Waals surface area contributed by atoms with Crippen molar-refractivity contribution in [3.05, 3.63) is 47.8 Å². The van der Waals surface area contributed by atoms with Gasteiger partial charge in [0.2, 0.25) is 0 Å². The van der Waals surface area contributed by atoms with Gasteiger partial charge in [0.05, 0.1) is 13.3 Å². The lowest BCUT2D eigenvalue weighted by Crippen LogP contribution is -2.16. The van der Waals surface area contributed by atoms with Crippen molar-refractivity contribution in [3.8, 4) is 17.2 Å². The molecule has 0 radical (unpaired) electrons. The highest BCUT2D eigenvalue weighted by Crippen LogP contribution is 2.31. The predicted octanol–water partition coefficient (Wildman–Crippen LogP) is 2.09. The first-order valence-corrected chi connectivity index (χ1v) is 6.21. The Kier molecular flexibility index (Phi) is 3.25. The van der Waals surface area contributed by atoms with E-state index in [1.807, 2.05) is 0 Å². The van der Waals surface area contributed by atoms with E-state index in [0.717, 1.165) is 0 Å². The lowest BCUT2D eigenvalue weighted by Gasteiger charge is -2.18. The van der Waals surface area contributed by atoms with Crippen LogP contribution in [0.3, 0.4) is 0 Å². The molecule has 0 unspecified atom stereocenters. The molecule has 0 N–H and O–H groups in total. The Bertz CT molecular complexity index is 654. The van der Waals surface area contributed by atoms with Gasteiger partial charge in [0.25, 0.3) is 0 Å². The smallest absolute Gasteiger partial charge is 0.194 e. The van der Waals surface area contributed by atoms with Gasteiger partial charge in [-0.3, -0.25) is 9.78 Å². The number of hydrogen-bond donors (Lipinski definition) is 0. The number of fused-ring (bicyclic) bond motifs is 1. The van der Waals surface area contributed by atoms with E-state index < -0.39 is 0 Å². The third-order valence-corrected chi connectivity index (χ3v) is 3.02. The van der Waals surface area contributed by atoms with Gasteiger partial charge in [-0.15, -0.1) is 0 Å². The molecule has 2 aromatic rings. The predicted molar refractivity (Wildman–Crippen MR) is 71.7 cm³/mol. The Labute approximate surface area is 116 Å². The molecule has 0 fully saturated rings. The monoisotopic (exact) mass is 271 g/mol. The highest BCUT2D eigenvalue weighted by Gasteiger charge is 2.16. The Balaban J connectivity index is 1.93. The first kappa shape index (κ1) is 12.5. The van der Waals surface area contributed by atoms with Crippen molar-refractivity contribution >= 4 is 5.78 Å². The van der Waals surface area contributed by atoms with Crippen LogP contribution in [0, 0.1) is 0 Å². The fourth-order valence-electron chi connectivity index (χ4n) is 2.01. The Morgan fingerprint density at radius 2 is 1.90 bits per heavy atom. The van der Waals surface area contributed by atoms with E-state index in [0.29, 0.717) is 41.6 Å². The lowest BCUT2D eigenvalue weighted by atomic mass is 10.0. The molecule has 5 heteroatoms. The quantitative estimate of drug-likeness (QED) is 0.800. The van der Waals surface area contributed by atoms with Gasteiger partial charge in [0, 0.05) is 17.3 Å². The van der Waals surface area contributed by atoms with E-state index in [1.54, 1.807) is 30.5 Å². The van der Waals surface area contributed by atoms with E-state index in [-0.39, 0.29) is 5.78 Å². The van der Waals surface area contributed by atoms with Crippen molar-refractivity contribution in [3.63, 3.8) is 0 Å². The summed E-state index contributed by atoms with van der Waals surface area (Å²) in [5, 5.41) is 0. The maximum Gasteiger partial charge on any atom is 0.194 e. The number of methoxy groups -OCH3 is 1. The van der Waals surface area contributed by atoms with Gasteiger partial charge in [-0.2, -0.15) is 0 Å². The molecular weight excluding hydrogens is 258 g/mol. The Hall–Kier alpha value is -2.56. The zero-order valence-electron chi connectivity index (χ0n) is 11.0. The number of ether oxygens (including phenoxy) is 3. The van der Waals surface area contributed by atoms with Crippen molar-refractivity contribution in [2.24, 2.45) is 0 Å². The second-order valence-electron chi connectivity index (χ2n) is 4.30. The number of benzene rings is 1. The molecule has 0 atom stereocenters. The average Bonchev–Trinajstić information content (AvgIpc) is 2.53. The summed E-state index contributed by atoms with van der Waals surface area (Å²) < 4.78 is 16.0. The van der Waals surface area contributed by atoms with Crippen molar-refractivity contribution in [1.82, 2.24) is 4.98 Å². The molecule has 0 saturated carbocycles. The van der Waals surface area contributed by atoms with E-state index in [2.05, 4.69) is 4.98 Å². The SMILES string of the molecule is COc1cncc(C(=O)c2ccc3c(c2)OCCO3)c1. The molecule has 3 rings (SSSR count). The minimum absolute atomic E-state index is 0.131. The van der Waals surface area contributed by atoms with Crippen LogP contribution in [0.1, 0.15) is 15.9 Å². The maximum atomic E-state index is 12.4. The lowest BCUT2D eigenvalue weighted by molar-refractivity contribution is 0.103. The van der Waals surface area contributed by atoms with Crippen LogP contribution in [-0.4, -0.2) is 31.1 Å². The van der Waals surface area contributed by atoms with Gasteiger partial charge in [0.15, 0.2) is 17.3 Å². The molecule has 0 spiro atoms. The fraction of sp³-hybridized carbons (Fsp3) is 0.200. The molecule has 1 aromatic heterocycles. The number of pyridine rings is 1. The maximum absolute atomic E-state index is 12.4. The summed E-state index contributed by atoms with van der Waals surface area (Å²) in [7, 11) is 1.54. The van der Waals surface area contributed by atoms with Gasteiger partial charge >= 0.3 is 0 Å². The van der Waals surface area contributed by atoms with Crippen molar-refractivity contribution in [2.45, 2.75) is 0 Å². The first-order chi connectivity index (χ1) is 9.78. The second-order valence-corrected chi connectivity index (χ2v) is 4.30. The largest absolute Gasteiger partial charge is 0.495 e. The number of carbonyl (C=O) groups is 1. The normalized spacial score (nSPS) is 12.8.